The second-order valence-corrected chi connectivity index (χ2v) is 4.17. The first-order valence-corrected chi connectivity index (χ1v) is 5.94. The molecular weight excluding hydrogens is 213 g/mol. The van der Waals surface area contributed by atoms with Crippen LogP contribution in [0.2, 0.25) is 0 Å². The van der Waals surface area contributed by atoms with E-state index < -0.39 is 0 Å². The highest BCUT2D eigenvalue weighted by atomic mass is 32.2. The summed E-state index contributed by atoms with van der Waals surface area (Å²) in [6.45, 7) is 3.09. The molecule has 2 nitrogen and oxygen atoms in total. The third kappa shape index (κ3) is 4.64. The highest BCUT2D eigenvalue weighted by molar-refractivity contribution is 7.99. The fraction of sp³-hybridized carbons (Fsp3) is 0.455. The Kier molecular flexibility index (Phi) is 5.68. The van der Waals surface area contributed by atoms with Crippen molar-refractivity contribution in [3.63, 3.8) is 0 Å². The molecule has 1 aromatic rings. The van der Waals surface area contributed by atoms with E-state index >= 15 is 0 Å². The molecule has 1 aromatic carbocycles. The van der Waals surface area contributed by atoms with Gasteiger partial charge in [-0.15, -0.1) is 11.8 Å². The minimum Gasteiger partial charge on any atom is -0.376 e. The van der Waals surface area contributed by atoms with Gasteiger partial charge in [0, 0.05) is 23.8 Å². The van der Waals surface area contributed by atoms with Gasteiger partial charge in [-0.1, -0.05) is 6.07 Å². The largest absolute Gasteiger partial charge is 0.376 e. The molecule has 0 heterocycles. The van der Waals surface area contributed by atoms with Crippen molar-refractivity contribution < 1.29 is 9.13 Å². The van der Waals surface area contributed by atoms with Crippen LogP contribution in [0.15, 0.2) is 29.2 Å². The van der Waals surface area contributed by atoms with Crippen LogP contribution in [0.5, 0.6) is 0 Å². The van der Waals surface area contributed by atoms with Crippen molar-refractivity contribution in [1.82, 2.24) is 0 Å². The summed E-state index contributed by atoms with van der Waals surface area (Å²) < 4.78 is 18.3. The van der Waals surface area contributed by atoms with Crippen molar-refractivity contribution in [2.75, 3.05) is 18.9 Å². The molecule has 0 saturated heterocycles. The van der Waals surface area contributed by atoms with E-state index in [4.69, 9.17) is 10.5 Å². The number of rotatable bonds is 6. The number of halogens is 1. The fourth-order valence-corrected chi connectivity index (χ4v) is 2.15. The maximum Gasteiger partial charge on any atom is 0.124 e. The predicted molar refractivity (Wildman–Crippen MR) is 61.6 cm³/mol. The molecule has 0 saturated carbocycles. The van der Waals surface area contributed by atoms with Crippen molar-refractivity contribution in [1.29, 1.82) is 0 Å². The normalized spacial score (nSPS) is 12.7. The van der Waals surface area contributed by atoms with Gasteiger partial charge in [0.15, 0.2) is 0 Å². The predicted octanol–water partition coefficient (Wildman–Crippen LogP) is 2.28. The summed E-state index contributed by atoms with van der Waals surface area (Å²) >= 11 is 1.56. The molecule has 4 heteroatoms. The average molecular weight is 229 g/mol. The topological polar surface area (TPSA) is 35.2 Å². The van der Waals surface area contributed by atoms with Crippen LogP contribution in [0.3, 0.4) is 0 Å². The molecular formula is C11H16FNOS. The van der Waals surface area contributed by atoms with Crippen LogP contribution in [0.4, 0.5) is 4.39 Å². The molecule has 0 aliphatic heterocycles. The maximum atomic E-state index is 12.9. The van der Waals surface area contributed by atoms with Gasteiger partial charge < -0.3 is 10.5 Å². The standard InChI is InChI=1S/C11H16FNOS/c1-2-14-10(7-13)8-15-11-5-3-4-9(12)6-11/h3-6,10H,2,7-8,13H2,1H3. The SMILES string of the molecule is CCOC(CN)CSc1cccc(F)c1. The fourth-order valence-electron chi connectivity index (χ4n) is 1.17. The molecule has 2 N–H and O–H groups in total. The summed E-state index contributed by atoms with van der Waals surface area (Å²) in [4.78, 5) is 0.910. The molecule has 0 radical (unpaired) electrons. The summed E-state index contributed by atoms with van der Waals surface area (Å²) in [5.41, 5.74) is 5.54. The van der Waals surface area contributed by atoms with Gasteiger partial charge in [0.1, 0.15) is 5.82 Å². The van der Waals surface area contributed by atoms with Crippen molar-refractivity contribution in [2.24, 2.45) is 5.73 Å². The summed E-state index contributed by atoms with van der Waals surface area (Å²) in [6.07, 6.45) is 0.0447. The van der Waals surface area contributed by atoms with Gasteiger partial charge >= 0.3 is 0 Å². The van der Waals surface area contributed by atoms with Gasteiger partial charge in [-0.25, -0.2) is 4.39 Å². The van der Waals surface area contributed by atoms with Crippen LogP contribution in [0.25, 0.3) is 0 Å². The number of hydrogen-bond donors (Lipinski definition) is 1. The highest BCUT2D eigenvalue weighted by Gasteiger charge is 2.06. The van der Waals surface area contributed by atoms with E-state index in [1.54, 1.807) is 17.8 Å². The highest BCUT2D eigenvalue weighted by Crippen LogP contribution is 2.19. The summed E-state index contributed by atoms with van der Waals surface area (Å²) in [6, 6.07) is 6.54. The Morgan fingerprint density at radius 3 is 2.93 bits per heavy atom. The zero-order chi connectivity index (χ0) is 11.1. The Labute approximate surface area is 94.0 Å². The van der Waals surface area contributed by atoms with Crippen LogP contribution < -0.4 is 5.73 Å². The van der Waals surface area contributed by atoms with E-state index in [1.807, 2.05) is 13.0 Å². The second-order valence-electron chi connectivity index (χ2n) is 3.08. The molecule has 0 aromatic heterocycles. The van der Waals surface area contributed by atoms with Crippen molar-refractivity contribution in [3.8, 4) is 0 Å². The van der Waals surface area contributed by atoms with E-state index in [2.05, 4.69) is 0 Å². The molecule has 0 aliphatic carbocycles. The summed E-state index contributed by atoms with van der Waals surface area (Å²) in [5.74, 6) is 0.550. The lowest BCUT2D eigenvalue weighted by Gasteiger charge is -2.13. The van der Waals surface area contributed by atoms with E-state index in [0.717, 1.165) is 10.6 Å². The van der Waals surface area contributed by atoms with Gasteiger partial charge in [0.2, 0.25) is 0 Å². The summed E-state index contributed by atoms with van der Waals surface area (Å²) in [5, 5.41) is 0. The van der Waals surface area contributed by atoms with E-state index in [1.165, 1.54) is 12.1 Å². The first-order chi connectivity index (χ1) is 7.26. The minimum absolute atomic E-state index is 0.0447. The van der Waals surface area contributed by atoms with Gasteiger partial charge in [-0.2, -0.15) is 0 Å². The average Bonchev–Trinajstić information content (AvgIpc) is 2.24. The number of ether oxygens (including phenoxy) is 1. The first-order valence-electron chi connectivity index (χ1n) is 4.96. The quantitative estimate of drug-likeness (QED) is 0.760. The number of benzene rings is 1. The van der Waals surface area contributed by atoms with Gasteiger partial charge in [-0.05, 0) is 25.1 Å². The third-order valence-corrected chi connectivity index (χ3v) is 3.02. The van der Waals surface area contributed by atoms with Crippen molar-refractivity contribution in [2.45, 2.75) is 17.9 Å². The first kappa shape index (κ1) is 12.5. The van der Waals surface area contributed by atoms with Gasteiger partial charge in [0.25, 0.3) is 0 Å². The van der Waals surface area contributed by atoms with Crippen LogP contribution in [0.1, 0.15) is 6.92 Å². The Morgan fingerprint density at radius 1 is 1.53 bits per heavy atom. The minimum atomic E-state index is -0.208. The van der Waals surface area contributed by atoms with Crippen LogP contribution >= 0.6 is 11.8 Å². The lowest BCUT2D eigenvalue weighted by molar-refractivity contribution is 0.0858. The molecule has 0 spiro atoms. The Balaban J connectivity index is 2.41. The molecule has 1 unspecified atom stereocenters. The van der Waals surface area contributed by atoms with E-state index in [9.17, 15) is 4.39 Å². The molecule has 1 rings (SSSR count). The second kappa shape index (κ2) is 6.82. The van der Waals surface area contributed by atoms with Gasteiger partial charge in [-0.3, -0.25) is 0 Å². The molecule has 1 atom stereocenters. The van der Waals surface area contributed by atoms with Crippen LogP contribution in [-0.2, 0) is 4.74 Å². The molecule has 0 bridgehead atoms. The number of hydrogen-bond acceptors (Lipinski definition) is 3. The number of nitrogens with two attached hydrogens (primary N) is 1. The lowest BCUT2D eigenvalue weighted by atomic mass is 10.3. The monoisotopic (exact) mass is 229 g/mol. The smallest absolute Gasteiger partial charge is 0.124 e. The Bertz CT molecular complexity index is 296. The van der Waals surface area contributed by atoms with Crippen molar-refractivity contribution in [3.05, 3.63) is 30.1 Å². The number of thioether (sulfide) groups is 1. The lowest BCUT2D eigenvalue weighted by Crippen LogP contribution is -2.26. The Hall–Kier alpha value is -0.580. The van der Waals surface area contributed by atoms with Crippen molar-refractivity contribution >= 4 is 11.8 Å². The molecule has 0 amide bonds. The third-order valence-electron chi connectivity index (χ3n) is 1.90. The maximum absolute atomic E-state index is 12.9. The zero-order valence-electron chi connectivity index (χ0n) is 8.78. The molecule has 0 fully saturated rings. The molecule has 84 valence electrons. The summed E-state index contributed by atoms with van der Waals surface area (Å²) in [7, 11) is 0. The molecule has 15 heavy (non-hydrogen) atoms. The Morgan fingerprint density at radius 2 is 2.33 bits per heavy atom. The van der Waals surface area contributed by atoms with Gasteiger partial charge in [0.05, 0.1) is 6.10 Å². The van der Waals surface area contributed by atoms with E-state index in [0.29, 0.717) is 13.2 Å². The van der Waals surface area contributed by atoms with Crippen LogP contribution in [-0.4, -0.2) is 25.0 Å². The molecule has 0 aliphatic rings. The van der Waals surface area contributed by atoms with Crippen LogP contribution in [0, 0.1) is 5.82 Å². The zero-order valence-corrected chi connectivity index (χ0v) is 9.60. The van der Waals surface area contributed by atoms with E-state index in [-0.39, 0.29) is 11.9 Å².